The average molecular weight is 486 g/mol. The number of thioether (sulfide) groups is 1. The number of methoxy groups -OCH3 is 1. The molecule has 10 nitrogen and oxygen atoms in total. The number of ether oxygens (including phenoxy) is 3. The van der Waals surface area contributed by atoms with Gasteiger partial charge in [0.2, 0.25) is 11.1 Å². The zero-order valence-corrected chi connectivity index (χ0v) is 19.8. The van der Waals surface area contributed by atoms with Crippen molar-refractivity contribution in [2.75, 3.05) is 30.6 Å². The summed E-state index contributed by atoms with van der Waals surface area (Å²) in [6, 6.07) is 13.7. The number of hydrogen-bond donors (Lipinski definition) is 2. The highest BCUT2D eigenvalue weighted by Crippen LogP contribution is 2.21. The molecule has 3 rings (SSSR count). The van der Waals surface area contributed by atoms with Crippen LogP contribution in [0.15, 0.2) is 53.7 Å². The first-order chi connectivity index (χ1) is 16.5. The maximum atomic E-state index is 12.3. The van der Waals surface area contributed by atoms with Crippen LogP contribution in [0.25, 0.3) is 0 Å². The Balaban J connectivity index is 1.46. The summed E-state index contributed by atoms with van der Waals surface area (Å²) in [5, 5.41) is 11.2. The third-order valence-corrected chi connectivity index (χ3v) is 5.56. The topological polar surface area (TPSA) is 131 Å². The number of nitrogen functional groups attached to an aromatic ring is 1. The van der Waals surface area contributed by atoms with E-state index in [1.54, 1.807) is 43.5 Å². The molecule has 0 spiro atoms. The van der Waals surface area contributed by atoms with Crippen LogP contribution in [-0.4, -0.2) is 46.2 Å². The predicted molar refractivity (Wildman–Crippen MR) is 128 cm³/mol. The van der Waals surface area contributed by atoms with E-state index in [9.17, 15) is 9.59 Å². The lowest BCUT2D eigenvalue weighted by Gasteiger charge is -2.08. The SMILES string of the molecule is CCCCOC(=O)c1ccc(NC(=O)CSc2nnc(COc3cccc(OC)c3)n2N)cc1. The van der Waals surface area contributed by atoms with Crippen LogP contribution in [0.5, 0.6) is 11.5 Å². The lowest BCUT2D eigenvalue weighted by molar-refractivity contribution is -0.113. The monoisotopic (exact) mass is 485 g/mol. The van der Waals surface area contributed by atoms with Gasteiger partial charge in [-0.15, -0.1) is 10.2 Å². The number of anilines is 1. The van der Waals surface area contributed by atoms with Crippen molar-refractivity contribution in [2.45, 2.75) is 31.5 Å². The second-order valence-corrected chi connectivity index (χ2v) is 8.08. The van der Waals surface area contributed by atoms with Gasteiger partial charge in [0.15, 0.2) is 5.82 Å². The van der Waals surface area contributed by atoms with Gasteiger partial charge >= 0.3 is 5.97 Å². The molecule has 0 radical (unpaired) electrons. The average Bonchev–Trinajstić information content (AvgIpc) is 3.21. The van der Waals surface area contributed by atoms with E-state index in [0.717, 1.165) is 24.6 Å². The van der Waals surface area contributed by atoms with Crippen molar-refractivity contribution >= 4 is 29.3 Å². The van der Waals surface area contributed by atoms with E-state index in [2.05, 4.69) is 15.5 Å². The lowest BCUT2D eigenvalue weighted by atomic mass is 10.2. The summed E-state index contributed by atoms with van der Waals surface area (Å²) in [5.41, 5.74) is 1.00. The number of amides is 1. The van der Waals surface area contributed by atoms with E-state index < -0.39 is 0 Å². The van der Waals surface area contributed by atoms with Crippen molar-refractivity contribution in [1.29, 1.82) is 0 Å². The zero-order valence-electron chi connectivity index (χ0n) is 19.0. The molecule has 0 fully saturated rings. The van der Waals surface area contributed by atoms with Gasteiger partial charge in [0.25, 0.3) is 0 Å². The maximum Gasteiger partial charge on any atom is 0.338 e. The highest BCUT2D eigenvalue weighted by atomic mass is 32.2. The van der Waals surface area contributed by atoms with Crippen molar-refractivity contribution in [2.24, 2.45) is 0 Å². The molecule has 0 unspecified atom stereocenters. The van der Waals surface area contributed by atoms with Crippen molar-refractivity contribution in [3.05, 3.63) is 59.9 Å². The van der Waals surface area contributed by atoms with Crippen molar-refractivity contribution in [3.63, 3.8) is 0 Å². The number of nitrogens with zero attached hydrogens (tertiary/aromatic N) is 3. The van der Waals surface area contributed by atoms with Gasteiger partial charge in [-0.25, -0.2) is 9.47 Å². The number of rotatable bonds is 12. The Kier molecular flexibility index (Phi) is 9.15. The molecule has 3 N–H and O–H groups in total. The van der Waals surface area contributed by atoms with E-state index in [-0.39, 0.29) is 24.2 Å². The van der Waals surface area contributed by atoms with Crippen LogP contribution in [0, 0.1) is 0 Å². The van der Waals surface area contributed by atoms with Gasteiger partial charge in [0.05, 0.1) is 25.0 Å². The molecule has 1 amide bonds. The Labute approximate surface area is 201 Å². The fraction of sp³-hybridized carbons (Fsp3) is 0.304. The molecule has 34 heavy (non-hydrogen) atoms. The first kappa shape index (κ1) is 24.9. The molecule has 0 saturated carbocycles. The van der Waals surface area contributed by atoms with Crippen LogP contribution in [0.1, 0.15) is 35.9 Å². The summed E-state index contributed by atoms with van der Waals surface area (Å²) in [7, 11) is 1.58. The Bertz CT molecular complexity index is 1100. The summed E-state index contributed by atoms with van der Waals surface area (Å²) in [6.45, 7) is 2.53. The molecule has 1 heterocycles. The number of unbranched alkanes of at least 4 members (excludes halogenated alkanes) is 1. The first-order valence-electron chi connectivity index (χ1n) is 10.7. The Morgan fingerprint density at radius 3 is 2.62 bits per heavy atom. The van der Waals surface area contributed by atoms with Crippen LogP contribution in [0.3, 0.4) is 0 Å². The molecule has 3 aromatic rings. The molecule has 1 aromatic heterocycles. The quantitative estimate of drug-likeness (QED) is 0.172. The molecule has 11 heteroatoms. The molecule has 180 valence electrons. The van der Waals surface area contributed by atoms with Crippen LogP contribution in [0.2, 0.25) is 0 Å². The van der Waals surface area contributed by atoms with E-state index in [4.69, 9.17) is 20.1 Å². The minimum Gasteiger partial charge on any atom is -0.497 e. The van der Waals surface area contributed by atoms with E-state index in [1.807, 2.05) is 19.1 Å². The largest absolute Gasteiger partial charge is 0.497 e. The number of carbonyl (C=O) groups excluding carboxylic acids is 2. The van der Waals surface area contributed by atoms with Gasteiger partial charge in [0, 0.05) is 11.8 Å². The van der Waals surface area contributed by atoms with Gasteiger partial charge in [-0.3, -0.25) is 4.79 Å². The van der Waals surface area contributed by atoms with Crippen molar-refractivity contribution in [3.8, 4) is 11.5 Å². The van der Waals surface area contributed by atoms with Gasteiger partial charge in [-0.1, -0.05) is 31.2 Å². The number of nitrogens with one attached hydrogen (secondary N) is 1. The Hall–Kier alpha value is -3.73. The molecule has 0 aliphatic heterocycles. The Morgan fingerprint density at radius 2 is 1.88 bits per heavy atom. The van der Waals surface area contributed by atoms with Gasteiger partial charge in [-0.05, 0) is 42.8 Å². The summed E-state index contributed by atoms with van der Waals surface area (Å²) in [5.74, 6) is 7.18. The summed E-state index contributed by atoms with van der Waals surface area (Å²) >= 11 is 1.14. The second kappa shape index (κ2) is 12.5. The number of aromatic nitrogens is 3. The third-order valence-electron chi connectivity index (χ3n) is 4.61. The Morgan fingerprint density at radius 1 is 1.12 bits per heavy atom. The summed E-state index contributed by atoms with van der Waals surface area (Å²) < 4.78 is 17.3. The molecule has 0 atom stereocenters. The summed E-state index contributed by atoms with van der Waals surface area (Å²) in [4.78, 5) is 24.3. The molecule has 0 aliphatic carbocycles. The summed E-state index contributed by atoms with van der Waals surface area (Å²) in [6.07, 6.45) is 1.78. The van der Waals surface area contributed by atoms with Crippen molar-refractivity contribution in [1.82, 2.24) is 14.9 Å². The van der Waals surface area contributed by atoms with E-state index in [1.165, 1.54) is 4.68 Å². The molecule has 0 aliphatic rings. The number of nitrogens with two attached hydrogens (primary N) is 1. The van der Waals surface area contributed by atoms with Crippen LogP contribution >= 0.6 is 11.8 Å². The number of benzene rings is 2. The zero-order chi connectivity index (χ0) is 24.3. The molecule has 0 saturated heterocycles. The van der Waals surface area contributed by atoms with Crippen LogP contribution in [-0.2, 0) is 16.1 Å². The molecule has 2 aromatic carbocycles. The molecular formula is C23H27N5O5S. The number of esters is 1. The fourth-order valence-electron chi connectivity index (χ4n) is 2.75. The predicted octanol–water partition coefficient (Wildman–Crippen LogP) is 3.27. The highest BCUT2D eigenvalue weighted by molar-refractivity contribution is 7.99. The maximum absolute atomic E-state index is 12.3. The first-order valence-corrected chi connectivity index (χ1v) is 11.6. The fourth-order valence-corrected chi connectivity index (χ4v) is 3.43. The standard InChI is InChI=1S/C23H27N5O5S/c1-3-4-12-32-22(30)16-8-10-17(11-9-16)25-21(29)15-34-23-27-26-20(28(23)24)14-33-19-7-5-6-18(13-19)31-2/h5-11,13H,3-4,12,14-15,24H2,1-2H3,(H,25,29). The number of hydrogen-bond acceptors (Lipinski definition) is 9. The van der Waals surface area contributed by atoms with Crippen LogP contribution in [0.4, 0.5) is 5.69 Å². The van der Waals surface area contributed by atoms with Gasteiger partial charge < -0.3 is 25.4 Å². The minimum absolute atomic E-state index is 0.0763. The van der Waals surface area contributed by atoms with E-state index >= 15 is 0 Å². The van der Waals surface area contributed by atoms with E-state index in [0.29, 0.717) is 40.3 Å². The molecular weight excluding hydrogens is 458 g/mol. The minimum atomic E-state index is -0.379. The number of carbonyl (C=O) groups is 2. The van der Waals surface area contributed by atoms with Gasteiger partial charge in [-0.2, -0.15) is 0 Å². The van der Waals surface area contributed by atoms with Crippen molar-refractivity contribution < 1.29 is 23.8 Å². The molecule has 0 bridgehead atoms. The van der Waals surface area contributed by atoms with Crippen LogP contribution < -0.4 is 20.6 Å². The third kappa shape index (κ3) is 7.14. The highest BCUT2D eigenvalue weighted by Gasteiger charge is 2.14. The van der Waals surface area contributed by atoms with Gasteiger partial charge in [0.1, 0.15) is 18.1 Å². The second-order valence-electron chi connectivity index (χ2n) is 7.14. The normalized spacial score (nSPS) is 10.5. The smallest absolute Gasteiger partial charge is 0.338 e. The lowest BCUT2D eigenvalue weighted by Crippen LogP contribution is -2.18.